The zero-order valence-electron chi connectivity index (χ0n) is 12.3. The Bertz CT molecular complexity index is 824. The predicted molar refractivity (Wildman–Crippen MR) is 85.3 cm³/mol. The number of hydrogen-bond donors (Lipinski definition) is 1. The van der Waals surface area contributed by atoms with E-state index in [1.54, 1.807) is 0 Å². The molecule has 0 amide bonds. The fraction of sp³-hybridized carbons (Fsp3) is 0.235. The van der Waals surface area contributed by atoms with E-state index >= 15 is 0 Å². The van der Waals surface area contributed by atoms with Crippen molar-refractivity contribution in [3.05, 3.63) is 53.6 Å². The molecule has 0 aliphatic carbocycles. The molecular formula is C17H14F3NOS. The minimum atomic E-state index is -4.34. The fourth-order valence-electron chi connectivity index (χ4n) is 2.31. The highest BCUT2D eigenvalue weighted by Crippen LogP contribution is 2.34. The van der Waals surface area contributed by atoms with Crippen molar-refractivity contribution < 1.29 is 18.3 Å². The molecule has 0 spiro atoms. The lowest BCUT2D eigenvalue weighted by atomic mass is 10.1. The van der Waals surface area contributed by atoms with E-state index in [1.807, 2.05) is 25.1 Å². The Balaban J connectivity index is 1.97. The van der Waals surface area contributed by atoms with E-state index in [9.17, 15) is 18.3 Å². The maximum absolute atomic E-state index is 12.6. The van der Waals surface area contributed by atoms with Gasteiger partial charge < -0.3 is 5.11 Å². The van der Waals surface area contributed by atoms with Gasteiger partial charge in [-0.3, -0.25) is 0 Å². The highest BCUT2D eigenvalue weighted by atomic mass is 32.1. The van der Waals surface area contributed by atoms with Gasteiger partial charge in [0.15, 0.2) is 0 Å². The van der Waals surface area contributed by atoms with E-state index in [0.29, 0.717) is 17.0 Å². The van der Waals surface area contributed by atoms with Crippen LogP contribution in [0.5, 0.6) is 0 Å². The van der Waals surface area contributed by atoms with E-state index in [2.05, 4.69) is 4.98 Å². The molecule has 3 rings (SSSR count). The molecule has 0 saturated carbocycles. The first kappa shape index (κ1) is 16.0. The smallest absolute Gasteiger partial charge is 0.388 e. The lowest BCUT2D eigenvalue weighted by Crippen LogP contribution is -2.03. The number of fused-ring (bicyclic) bond motifs is 1. The predicted octanol–water partition coefficient (Wildman–Crippen LogP) is 5.43. The minimum Gasteiger partial charge on any atom is -0.388 e. The second-order valence-electron chi connectivity index (χ2n) is 5.25. The minimum absolute atomic E-state index is 0.518. The topological polar surface area (TPSA) is 33.1 Å². The number of alkyl halides is 3. The molecule has 120 valence electrons. The number of aliphatic hydroxyl groups excluding tert-OH is 1. The molecule has 1 heterocycles. The normalized spacial score (nSPS) is 13.4. The molecule has 3 aromatic rings. The Labute approximate surface area is 135 Å². The first-order chi connectivity index (χ1) is 10.9. The highest BCUT2D eigenvalue weighted by Gasteiger charge is 2.30. The van der Waals surface area contributed by atoms with Gasteiger partial charge in [0.2, 0.25) is 0 Å². The van der Waals surface area contributed by atoms with Crippen LogP contribution in [0.15, 0.2) is 42.5 Å². The average Bonchev–Trinajstić information content (AvgIpc) is 2.96. The molecule has 1 aromatic heterocycles. The Hall–Kier alpha value is -1.92. The van der Waals surface area contributed by atoms with E-state index in [1.165, 1.54) is 23.5 Å². The van der Waals surface area contributed by atoms with Crippen LogP contribution in [0.3, 0.4) is 0 Å². The molecular weight excluding hydrogens is 323 g/mol. The molecule has 0 radical (unpaired) electrons. The highest BCUT2D eigenvalue weighted by molar-refractivity contribution is 7.21. The zero-order chi connectivity index (χ0) is 16.6. The summed E-state index contributed by atoms with van der Waals surface area (Å²) in [6.45, 7) is 1.90. The number of hydrogen-bond acceptors (Lipinski definition) is 3. The number of halogens is 3. The first-order valence-electron chi connectivity index (χ1n) is 7.14. The maximum Gasteiger partial charge on any atom is 0.416 e. The summed E-state index contributed by atoms with van der Waals surface area (Å²) >= 11 is 1.40. The van der Waals surface area contributed by atoms with Gasteiger partial charge in [-0.2, -0.15) is 13.2 Å². The van der Waals surface area contributed by atoms with Crippen molar-refractivity contribution in [2.45, 2.75) is 25.6 Å². The number of aromatic nitrogens is 1. The Morgan fingerprint density at radius 2 is 1.83 bits per heavy atom. The second kappa shape index (κ2) is 5.94. The van der Waals surface area contributed by atoms with Crippen LogP contribution >= 0.6 is 11.3 Å². The first-order valence-corrected chi connectivity index (χ1v) is 7.96. The van der Waals surface area contributed by atoms with Gasteiger partial charge in [0, 0.05) is 5.56 Å². The van der Waals surface area contributed by atoms with Gasteiger partial charge in [-0.25, -0.2) is 4.98 Å². The molecule has 0 fully saturated rings. The summed E-state index contributed by atoms with van der Waals surface area (Å²) < 4.78 is 38.7. The van der Waals surface area contributed by atoms with Gasteiger partial charge in [-0.1, -0.05) is 25.1 Å². The number of nitrogens with zero attached hydrogens (tertiary/aromatic N) is 1. The molecule has 1 unspecified atom stereocenters. The van der Waals surface area contributed by atoms with Gasteiger partial charge in [0.1, 0.15) is 5.01 Å². The summed E-state index contributed by atoms with van der Waals surface area (Å²) in [5.41, 5.74) is 1.58. The monoisotopic (exact) mass is 337 g/mol. The summed E-state index contributed by atoms with van der Waals surface area (Å²) in [6, 6.07) is 10.5. The van der Waals surface area contributed by atoms with Crippen LogP contribution in [-0.4, -0.2) is 10.1 Å². The van der Waals surface area contributed by atoms with Gasteiger partial charge in [0.25, 0.3) is 0 Å². The molecule has 2 nitrogen and oxygen atoms in total. The Morgan fingerprint density at radius 1 is 1.13 bits per heavy atom. The standard InChI is InChI=1S/C17H14F3NOS/c1-2-14(22)11-5-8-13-15(9-11)23-16(21-13)10-3-6-12(7-4-10)17(18,19)20/h3-9,14,22H,2H2,1H3. The molecule has 23 heavy (non-hydrogen) atoms. The van der Waals surface area contributed by atoms with Crippen LogP contribution in [0.25, 0.3) is 20.8 Å². The fourth-order valence-corrected chi connectivity index (χ4v) is 3.33. The summed E-state index contributed by atoms with van der Waals surface area (Å²) in [6.07, 6.45) is -4.23. The number of aliphatic hydroxyl groups is 1. The molecule has 0 saturated heterocycles. The molecule has 0 aliphatic heterocycles. The Morgan fingerprint density at radius 3 is 2.43 bits per heavy atom. The molecule has 1 atom stereocenters. The van der Waals surface area contributed by atoms with Crippen molar-refractivity contribution in [3.8, 4) is 10.6 Å². The van der Waals surface area contributed by atoms with Crippen LogP contribution in [-0.2, 0) is 6.18 Å². The molecule has 1 N–H and O–H groups in total. The number of thiazole rings is 1. The van der Waals surface area contributed by atoms with Crippen LogP contribution in [0.4, 0.5) is 13.2 Å². The zero-order valence-corrected chi connectivity index (χ0v) is 13.1. The largest absolute Gasteiger partial charge is 0.416 e. The van der Waals surface area contributed by atoms with Gasteiger partial charge in [-0.05, 0) is 36.2 Å². The average molecular weight is 337 g/mol. The third-order valence-electron chi connectivity index (χ3n) is 3.64. The van der Waals surface area contributed by atoms with Crippen LogP contribution < -0.4 is 0 Å². The summed E-state index contributed by atoms with van der Waals surface area (Å²) in [5, 5.41) is 10.6. The van der Waals surface area contributed by atoms with Crippen LogP contribution in [0, 0.1) is 0 Å². The van der Waals surface area contributed by atoms with Gasteiger partial charge in [-0.15, -0.1) is 11.3 Å². The van der Waals surface area contributed by atoms with Crippen molar-refractivity contribution in [1.82, 2.24) is 4.98 Å². The molecule has 2 aromatic carbocycles. The summed E-state index contributed by atoms with van der Waals surface area (Å²) in [5.74, 6) is 0. The lowest BCUT2D eigenvalue weighted by Gasteiger charge is -2.06. The van der Waals surface area contributed by atoms with Gasteiger partial charge in [0.05, 0.1) is 21.9 Å². The van der Waals surface area contributed by atoms with E-state index in [-0.39, 0.29) is 0 Å². The van der Waals surface area contributed by atoms with E-state index < -0.39 is 17.8 Å². The van der Waals surface area contributed by atoms with Crippen molar-refractivity contribution in [2.75, 3.05) is 0 Å². The van der Waals surface area contributed by atoms with E-state index in [4.69, 9.17) is 0 Å². The van der Waals surface area contributed by atoms with Crippen molar-refractivity contribution in [1.29, 1.82) is 0 Å². The third kappa shape index (κ3) is 3.23. The molecule has 6 heteroatoms. The van der Waals surface area contributed by atoms with Crippen molar-refractivity contribution >= 4 is 21.6 Å². The summed E-state index contributed by atoms with van der Waals surface area (Å²) in [7, 11) is 0. The van der Waals surface area contributed by atoms with Gasteiger partial charge >= 0.3 is 6.18 Å². The molecule has 0 bridgehead atoms. The number of rotatable bonds is 3. The van der Waals surface area contributed by atoms with Crippen LogP contribution in [0.1, 0.15) is 30.6 Å². The Kier molecular flexibility index (Phi) is 4.12. The van der Waals surface area contributed by atoms with Crippen molar-refractivity contribution in [3.63, 3.8) is 0 Å². The quantitative estimate of drug-likeness (QED) is 0.692. The number of benzene rings is 2. The molecule has 0 aliphatic rings. The van der Waals surface area contributed by atoms with E-state index in [0.717, 1.165) is 27.9 Å². The van der Waals surface area contributed by atoms with Crippen molar-refractivity contribution in [2.24, 2.45) is 0 Å². The third-order valence-corrected chi connectivity index (χ3v) is 4.71. The van der Waals surface area contributed by atoms with Crippen LogP contribution in [0.2, 0.25) is 0 Å². The lowest BCUT2D eigenvalue weighted by molar-refractivity contribution is -0.137. The second-order valence-corrected chi connectivity index (χ2v) is 6.28. The summed E-state index contributed by atoms with van der Waals surface area (Å²) in [4.78, 5) is 4.46. The SMILES string of the molecule is CCC(O)c1ccc2nc(-c3ccc(C(F)(F)F)cc3)sc2c1. The maximum atomic E-state index is 12.6.